The fourth-order valence-corrected chi connectivity index (χ4v) is 4.15. The van der Waals surface area contributed by atoms with E-state index < -0.39 is 0 Å². The summed E-state index contributed by atoms with van der Waals surface area (Å²) in [4.78, 5) is 12.6. The first-order valence-corrected chi connectivity index (χ1v) is 7.93. The van der Waals surface area contributed by atoms with Crippen LogP contribution >= 0.6 is 0 Å². The minimum absolute atomic E-state index is 0.121. The van der Waals surface area contributed by atoms with Crippen molar-refractivity contribution in [3.05, 3.63) is 35.4 Å². The van der Waals surface area contributed by atoms with E-state index in [-0.39, 0.29) is 12.0 Å². The van der Waals surface area contributed by atoms with Gasteiger partial charge in [0, 0.05) is 18.4 Å². The van der Waals surface area contributed by atoms with E-state index in [1.807, 2.05) is 0 Å². The molecule has 0 amide bonds. The van der Waals surface area contributed by atoms with Crippen molar-refractivity contribution in [3.63, 3.8) is 0 Å². The maximum absolute atomic E-state index is 12.6. The van der Waals surface area contributed by atoms with Crippen molar-refractivity contribution in [2.24, 2.45) is 23.5 Å². The summed E-state index contributed by atoms with van der Waals surface area (Å²) >= 11 is 0. The van der Waals surface area contributed by atoms with Crippen molar-refractivity contribution >= 4 is 5.78 Å². The van der Waals surface area contributed by atoms with Crippen LogP contribution in [0.15, 0.2) is 24.3 Å². The molecule has 108 valence electrons. The normalized spacial score (nSPS) is 32.0. The zero-order chi connectivity index (χ0) is 14.3. The molecule has 0 heterocycles. The summed E-state index contributed by atoms with van der Waals surface area (Å²) in [6.45, 7) is 4.38. The first kappa shape index (κ1) is 13.8. The molecule has 2 fully saturated rings. The van der Waals surface area contributed by atoms with E-state index in [1.54, 1.807) is 0 Å². The van der Waals surface area contributed by atoms with Gasteiger partial charge in [0.2, 0.25) is 0 Å². The van der Waals surface area contributed by atoms with Crippen molar-refractivity contribution in [1.29, 1.82) is 0 Å². The van der Waals surface area contributed by atoms with Crippen LogP contribution in [-0.2, 0) is 11.2 Å². The van der Waals surface area contributed by atoms with E-state index in [4.69, 9.17) is 5.73 Å². The Hall–Kier alpha value is -1.15. The van der Waals surface area contributed by atoms with Crippen LogP contribution in [0.2, 0.25) is 0 Å². The smallest absolute Gasteiger partial charge is 0.142 e. The Morgan fingerprint density at radius 2 is 1.85 bits per heavy atom. The van der Waals surface area contributed by atoms with Crippen LogP contribution in [-0.4, -0.2) is 11.8 Å². The number of ketones is 1. The molecule has 2 bridgehead atoms. The van der Waals surface area contributed by atoms with Gasteiger partial charge in [-0.15, -0.1) is 0 Å². The average Bonchev–Trinajstić information content (AvgIpc) is 2.99. The second kappa shape index (κ2) is 5.33. The lowest BCUT2D eigenvalue weighted by atomic mass is 9.80. The fourth-order valence-electron chi connectivity index (χ4n) is 4.15. The van der Waals surface area contributed by atoms with Gasteiger partial charge in [-0.3, -0.25) is 4.79 Å². The second-order valence-corrected chi connectivity index (χ2v) is 6.98. The average molecular weight is 271 g/mol. The lowest BCUT2D eigenvalue weighted by Crippen LogP contribution is -2.40. The van der Waals surface area contributed by atoms with E-state index in [9.17, 15) is 4.79 Å². The number of benzene rings is 1. The van der Waals surface area contributed by atoms with Crippen LogP contribution in [0.5, 0.6) is 0 Å². The Labute approximate surface area is 121 Å². The number of Topliss-reactive ketones (excluding diaryl/α,β-unsaturated/α-hetero) is 1. The highest BCUT2D eigenvalue weighted by Gasteiger charge is 2.48. The number of hydrogen-bond donors (Lipinski definition) is 1. The first-order chi connectivity index (χ1) is 9.56. The Morgan fingerprint density at radius 3 is 2.40 bits per heavy atom. The highest BCUT2D eigenvalue weighted by Crippen LogP contribution is 2.48. The molecule has 0 aliphatic heterocycles. The largest absolute Gasteiger partial charge is 0.327 e. The van der Waals surface area contributed by atoms with Gasteiger partial charge in [0.05, 0.1) is 0 Å². The summed E-state index contributed by atoms with van der Waals surface area (Å²) in [6, 6.07) is 8.62. The van der Waals surface area contributed by atoms with Gasteiger partial charge in [0.1, 0.15) is 5.78 Å². The van der Waals surface area contributed by atoms with Gasteiger partial charge < -0.3 is 5.73 Å². The molecule has 4 unspecified atom stereocenters. The molecule has 1 aromatic rings. The topological polar surface area (TPSA) is 43.1 Å². The summed E-state index contributed by atoms with van der Waals surface area (Å²) < 4.78 is 0. The van der Waals surface area contributed by atoms with Gasteiger partial charge in [-0.05, 0) is 48.1 Å². The molecule has 2 heteroatoms. The predicted octanol–water partition coefficient (Wildman–Crippen LogP) is 3.30. The Bertz CT molecular complexity index is 489. The summed E-state index contributed by atoms with van der Waals surface area (Å²) in [7, 11) is 0. The molecule has 2 nitrogen and oxygen atoms in total. The summed E-state index contributed by atoms with van der Waals surface area (Å²) in [5.41, 5.74) is 8.73. The molecule has 0 saturated heterocycles. The van der Waals surface area contributed by atoms with Crippen LogP contribution in [0.3, 0.4) is 0 Å². The highest BCUT2D eigenvalue weighted by molar-refractivity contribution is 5.84. The van der Waals surface area contributed by atoms with Gasteiger partial charge >= 0.3 is 0 Å². The zero-order valence-electron chi connectivity index (χ0n) is 12.5. The standard InChI is InChI=1S/C18H25NO/c1-11(2)13-5-3-12(4-6-13)9-16(20)17-14-7-8-15(10-14)18(17)19/h3-6,11,14-15,17-18H,7-10,19H2,1-2H3. The molecule has 2 aliphatic carbocycles. The van der Waals surface area contributed by atoms with Crippen molar-refractivity contribution < 1.29 is 4.79 Å². The maximum atomic E-state index is 12.6. The minimum atomic E-state index is 0.121. The summed E-state index contributed by atoms with van der Waals surface area (Å²) in [5.74, 6) is 2.20. The van der Waals surface area contributed by atoms with E-state index in [0.717, 1.165) is 5.56 Å². The van der Waals surface area contributed by atoms with Crippen molar-refractivity contribution in [2.45, 2.75) is 51.5 Å². The van der Waals surface area contributed by atoms with Crippen LogP contribution in [0.1, 0.15) is 50.2 Å². The summed E-state index contributed by atoms with van der Waals surface area (Å²) in [6.07, 6.45) is 4.18. The van der Waals surface area contributed by atoms with Gasteiger partial charge in [-0.25, -0.2) is 0 Å². The SMILES string of the molecule is CC(C)c1ccc(CC(=O)C2C3CCC(C3)C2N)cc1. The lowest BCUT2D eigenvalue weighted by molar-refractivity contribution is -0.124. The molecule has 2 N–H and O–H groups in total. The molecule has 3 rings (SSSR count). The van der Waals surface area contributed by atoms with Crippen molar-refractivity contribution in [2.75, 3.05) is 0 Å². The predicted molar refractivity (Wildman–Crippen MR) is 81.5 cm³/mol. The van der Waals surface area contributed by atoms with Gasteiger partial charge in [-0.1, -0.05) is 38.1 Å². The van der Waals surface area contributed by atoms with Crippen LogP contribution in [0.25, 0.3) is 0 Å². The maximum Gasteiger partial charge on any atom is 0.142 e. The highest BCUT2D eigenvalue weighted by atomic mass is 16.1. The number of carbonyl (C=O) groups is 1. The quantitative estimate of drug-likeness (QED) is 0.913. The molecule has 4 atom stereocenters. The number of carbonyl (C=O) groups excluding carboxylic acids is 1. The number of fused-ring (bicyclic) bond motifs is 2. The third kappa shape index (κ3) is 2.42. The minimum Gasteiger partial charge on any atom is -0.327 e. The van der Waals surface area contributed by atoms with Gasteiger partial charge in [0.15, 0.2) is 0 Å². The Morgan fingerprint density at radius 1 is 1.20 bits per heavy atom. The van der Waals surface area contributed by atoms with Gasteiger partial charge in [-0.2, -0.15) is 0 Å². The van der Waals surface area contributed by atoms with E-state index in [1.165, 1.54) is 24.8 Å². The molecule has 2 aliphatic rings. The Balaban J connectivity index is 1.67. The molecule has 0 radical (unpaired) electrons. The number of nitrogens with two attached hydrogens (primary N) is 1. The van der Waals surface area contributed by atoms with Crippen LogP contribution in [0.4, 0.5) is 0 Å². The van der Waals surface area contributed by atoms with Crippen LogP contribution < -0.4 is 5.73 Å². The molecule has 2 saturated carbocycles. The zero-order valence-corrected chi connectivity index (χ0v) is 12.5. The van der Waals surface area contributed by atoms with Gasteiger partial charge in [0.25, 0.3) is 0 Å². The molecular weight excluding hydrogens is 246 g/mol. The Kier molecular flexibility index (Phi) is 3.68. The number of rotatable bonds is 4. The van der Waals surface area contributed by atoms with E-state index in [0.29, 0.717) is 30.0 Å². The second-order valence-electron chi connectivity index (χ2n) is 6.98. The monoisotopic (exact) mass is 271 g/mol. The molecule has 0 spiro atoms. The third-order valence-corrected chi connectivity index (χ3v) is 5.38. The third-order valence-electron chi connectivity index (χ3n) is 5.38. The van der Waals surface area contributed by atoms with E-state index >= 15 is 0 Å². The van der Waals surface area contributed by atoms with Crippen LogP contribution in [0, 0.1) is 17.8 Å². The molecule has 1 aromatic carbocycles. The fraction of sp³-hybridized carbons (Fsp3) is 0.611. The first-order valence-electron chi connectivity index (χ1n) is 7.93. The molecule has 20 heavy (non-hydrogen) atoms. The number of hydrogen-bond acceptors (Lipinski definition) is 2. The van der Waals surface area contributed by atoms with Crippen molar-refractivity contribution in [3.8, 4) is 0 Å². The molecule has 0 aromatic heterocycles. The lowest BCUT2D eigenvalue weighted by Gasteiger charge is -2.26. The van der Waals surface area contributed by atoms with E-state index in [2.05, 4.69) is 38.1 Å². The van der Waals surface area contributed by atoms with Crippen molar-refractivity contribution in [1.82, 2.24) is 0 Å². The summed E-state index contributed by atoms with van der Waals surface area (Å²) in [5, 5.41) is 0. The molecular formula is C18H25NO.